The van der Waals surface area contributed by atoms with Crippen molar-refractivity contribution in [3.05, 3.63) is 29.3 Å². The Hall–Kier alpha value is -1.11. The van der Waals surface area contributed by atoms with E-state index in [0.29, 0.717) is 27.2 Å². The molecule has 7 heteroatoms. The van der Waals surface area contributed by atoms with Crippen LogP contribution in [0.25, 0.3) is 0 Å². The van der Waals surface area contributed by atoms with Crippen molar-refractivity contribution in [3.8, 4) is 0 Å². The highest BCUT2D eigenvalue weighted by atomic mass is 35.5. The van der Waals surface area contributed by atoms with E-state index in [1.807, 2.05) is 12.1 Å². The van der Waals surface area contributed by atoms with Gasteiger partial charge in [-0.3, -0.25) is 10.9 Å². The molecule has 1 aromatic rings. The van der Waals surface area contributed by atoms with Crippen LogP contribution in [0, 0.1) is 5.92 Å². The molecular weight excluding hydrogens is 336 g/mol. The first-order valence-corrected chi connectivity index (χ1v) is 8.63. The van der Waals surface area contributed by atoms with E-state index in [1.54, 1.807) is 12.1 Å². The van der Waals surface area contributed by atoms with Crippen LogP contribution in [-0.4, -0.2) is 16.3 Å². The van der Waals surface area contributed by atoms with Crippen molar-refractivity contribution in [2.24, 2.45) is 5.92 Å². The van der Waals surface area contributed by atoms with E-state index >= 15 is 0 Å². The van der Waals surface area contributed by atoms with Crippen molar-refractivity contribution in [2.75, 3.05) is 5.32 Å². The highest BCUT2D eigenvalue weighted by Gasteiger charge is 2.21. The summed E-state index contributed by atoms with van der Waals surface area (Å²) >= 11 is 16.3. The van der Waals surface area contributed by atoms with Gasteiger partial charge in [0.15, 0.2) is 10.2 Å². The Balaban J connectivity index is 1.71. The van der Waals surface area contributed by atoms with Gasteiger partial charge in [-0.15, -0.1) is 0 Å². The SMILES string of the molecule is C[C@@H]1CCCC[C@H]1NC(=S)NNC(=S)Nc1ccc(Cl)cc1. The zero-order chi connectivity index (χ0) is 15.9. The number of halogens is 1. The predicted octanol–water partition coefficient (Wildman–Crippen LogP) is 3.58. The second kappa shape index (κ2) is 8.50. The minimum atomic E-state index is 0.438. The number of hydrogen-bond donors (Lipinski definition) is 4. The number of rotatable bonds is 2. The molecule has 1 aromatic carbocycles. The third kappa shape index (κ3) is 5.59. The third-order valence-corrected chi connectivity index (χ3v) is 4.50. The van der Waals surface area contributed by atoms with E-state index in [0.717, 1.165) is 12.1 Å². The molecule has 1 aliphatic carbocycles. The van der Waals surface area contributed by atoms with Gasteiger partial charge < -0.3 is 10.6 Å². The largest absolute Gasteiger partial charge is 0.358 e. The van der Waals surface area contributed by atoms with E-state index in [1.165, 1.54) is 19.3 Å². The Labute approximate surface area is 147 Å². The van der Waals surface area contributed by atoms with Crippen molar-refractivity contribution in [2.45, 2.75) is 38.6 Å². The minimum absolute atomic E-state index is 0.438. The number of benzene rings is 1. The topological polar surface area (TPSA) is 48.1 Å². The Kier molecular flexibility index (Phi) is 6.67. The Morgan fingerprint density at radius 1 is 1.05 bits per heavy atom. The van der Waals surface area contributed by atoms with Crippen molar-refractivity contribution >= 4 is 51.9 Å². The summed E-state index contributed by atoms with van der Waals surface area (Å²) in [5.74, 6) is 0.646. The lowest BCUT2D eigenvalue weighted by Crippen LogP contribution is -2.52. The van der Waals surface area contributed by atoms with E-state index in [2.05, 4.69) is 28.4 Å². The van der Waals surface area contributed by atoms with Crippen molar-refractivity contribution in [3.63, 3.8) is 0 Å². The highest BCUT2D eigenvalue weighted by molar-refractivity contribution is 7.80. The predicted molar refractivity (Wildman–Crippen MR) is 101 cm³/mol. The summed E-state index contributed by atoms with van der Waals surface area (Å²) in [5.41, 5.74) is 6.67. The molecule has 1 saturated carbocycles. The molecule has 1 fully saturated rings. The van der Waals surface area contributed by atoms with Gasteiger partial charge >= 0.3 is 0 Å². The standard InChI is InChI=1S/C15H21ClN4S2/c1-10-4-2-3-5-13(10)18-15(22)20-19-14(21)17-12-8-6-11(16)7-9-12/h6-10,13H,2-5H2,1H3,(H2,17,19,21)(H2,18,20,22)/t10-,13-/m1/s1. The zero-order valence-corrected chi connectivity index (χ0v) is 14.9. The van der Waals surface area contributed by atoms with Crippen LogP contribution in [0.2, 0.25) is 5.02 Å². The van der Waals surface area contributed by atoms with Crippen LogP contribution < -0.4 is 21.5 Å². The summed E-state index contributed by atoms with van der Waals surface area (Å²) in [6.45, 7) is 2.26. The van der Waals surface area contributed by atoms with E-state index in [4.69, 9.17) is 36.0 Å². The second-order valence-electron chi connectivity index (χ2n) is 5.55. The third-order valence-electron chi connectivity index (χ3n) is 3.82. The molecule has 2 atom stereocenters. The van der Waals surface area contributed by atoms with Gasteiger partial charge in [0.2, 0.25) is 0 Å². The van der Waals surface area contributed by atoms with Gasteiger partial charge in [-0.1, -0.05) is 31.4 Å². The molecule has 4 nitrogen and oxygen atoms in total. The second-order valence-corrected chi connectivity index (χ2v) is 6.81. The van der Waals surface area contributed by atoms with Crippen molar-refractivity contribution in [1.29, 1.82) is 0 Å². The number of nitrogens with one attached hydrogen (secondary N) is 4. The molecule has 0 spiro atoms. The lowest BCUT2D eigenvalue weighted by atomic mass is 9.86. The van der Waals surface area contributed by atoms with Gasteiger partial charge in [-0.05, 0) is 67.5 Å². The molecule has 0 amide bonds. The molecule has 0 heterocycles. The number of hydrogen-bond acceptors (Lipinski definition) is 2. The molecule has 0 aliphatic heterocycles. The van der Waals surface area contributed by atoms with E-state index in [9.17, 15) is 0 Å². The quantitative estimate of drug-likeness (QED) is 0.480. The Morgan fingerprint density at radius 3 is 2.36 bits per heavy atom. The maximum absolute atomic E-state index is 5.84. The van der Waals surface area contributed by atoms with E-state index in [-0.39, 0.29) is 0 Å². The van der Waals surface area contributed by atoms with Crippen LogP contribution in [0.3, 0.4) is 0 Å². The molecule has 22 heavy (non-hydrogen) atoms. The number of thiocarbonyl (C=S) groups is 2. The van der Waals surface area contributed by atoms with Gasteiger partial charge in [0.1, 0.15) is 0 Å². The monoisotopic (exact) mass is 356 g/mol. The summed E-state index contributed by atoms with van der Waals surface area (Å²) < 4.78 is 0. The summed E-state index contributed by atoms with van der Waals surface area (Å²) in [6.07, 6.45) is 4.99. The maximum Gasteiger partial charge on any atom is 0.189 e. The maximum atomic E-state index is 5.84. The minimum Gasteiger partial charge on any atom is -0.358 e. The molecule has 0 unspecified atom stereocenters. The van der Waals surface area contributed by atoms with Crippen molar-refractivity contribution < 1.29 is 0 Å². The average molecular weight is 357 g/mol. The number of hydrazine groups is 1. The number of anilines is 1. The highest BCUT2D eigenvalue weighted by Crippen LogP contribution is 2.23. The molecule has 0 radical (unpaired) electrons. The van der Waals surface area contributed by atoms with Crippen LogP contribution in [0.4, 0.5) is 5.69 Å². The van der Waals surface area contributed by atoms with Crippen LogP contribution in [0.5, 0.6) is 0 Å². The van der Waals surface area contributed by atoms with Crippen LogP contribution in [0.15, 0.2) is 24.3 Å². The normalized spacial score (nSPS) is 20.8. The molecule has 0 saturated heterocycles. The molecule has 0 aromatic heterocycles. The average Bonchev–Trinajstić information content (AvgIpc) is 2.50. The first-order chi connectivity index (χ1) is 10.5. The first kappa shape index (κ1) is 17.2. The fourth-order valence-electron chi connectivity index (χ4n) is 2.54. The molecule has 0 bridgehead atoms. The smallest absolute Gasteiger partial charge is 0.189 e. The van der Waals surface area contributed by atoms with Crippen LogP contribution in [-0.2, 0) is 0 Å². The van der Waals surface area contributed by atoms with Gasteiger partial charge in [-0.25, -0.2) is 0 Å². The summed E-state index contributed by atoms with van der Waals surface area (Å²) in [7, 11) is 0. The lowest BCUT2D eigenvalue weighted by molar-refractivity contribution is 0.308. The molecule has 1 aliphatic rings. The zero-order valence-electron chi connectivity index (χ0n) is 12.5. The van der Waals surface area contributed by atoms with Gasteiger partial charge in [0.25, 0.3) is 0 Å². The van der Waals surface area contributed by atoms with Crippen LogP contribution >= 0.6 is 36.0 Å². The van der Waals surface area contributed by atoms with Gasteiger partial charge in [0.05, 0.1) is 0 Å². The Bertz CT molecular complexity index is 521. The fraction of sp³-hybridized carbons (Fsp3) is 0.467. The van der Waals surface area contributed by atoms with Crippen LogP contribution in [0.1, 0.15) is 32.6 Å². The molecular formula is C15H21ClN4S2. The molecule has 120 valence electrons. The summed E-state index contributed by atoms with van der Waals surface area (Å²) in [4.78, 5) is 0. The first-order valence-electron chi connectivity index (χ1n) is 7.43. The Morgan fingerprint density at radius 2 is 1.68 bits per heavy atom. The summed E-state index contributed by atoms with van der Waals surface area (Å²) in [5, 5.41) is 8.10. The summed E-state index contributed by atoms with van der Waals surface area (Å²) in [6, 6.07) is 7.76. The van der Waals surface area contributed by atoms with Crippen molar-refractivity contribution in [1.82, 2.24) is 16.2 Å². The van der Waals surface area contributed by atoms with E-state index < -0.39 is 0 Å². The van der Waals surface area contributed by atoms with Gasteiger partial charge in [-0.2, -0.15) is 0 Å². The fourth-order valence-corrected chi connectivity index (χ4v) is 3.04. The lowest BCUT2D eigenvalue weighted by Gasteiger charge is -2.30. The molecule has 4 N–H and O–H groups in total. The van der Waals surface area contributed by atoms with Gasteiger partial charge in [0, 0.05) is 16.8 Å². The molecule has 2 rings (SSSR count).